The Kier molecular flexibility index (Phi) is 4.93. The summed E-state index contributed by atoms with van der Waals surface area (Å²) < 4.78 is 5.30. The van der Waals surface area contributed by atoms with E-state index in [0.717, 1.165) is 50.7 Å². The fourth-order valence-electron chi connectivity index (χ4n) is 2.07. The van der Waals surface area contributed by atoms with Crippen molar-refractivity contribution in [2.45, 2.75) is 18.9 Å². The highest BCUT2D eigenvalue weighted by atomic mass is 32.2. The van der Waals surface area contributed by atoms with Crippen LogP contribution >= 0.6 is 11.8 Å². The van der Waals surface area contributed by atoms with Crippen LogP contribution in [0.4, 0.5) is 0 Å². The van der Waals surface area contributed by atoms with Gasteiger partial charge in [-0.1, -0.05) is 0 Å². The molecule has 1 amide bonds. The molecule has 0 aliphatic carbocycles. The zero-order valence-corrected chi connectivity index (χ0v) is 10.4. The molecular formula is C11H20N2O2S. The van der Waals surface area contributed by atoms with Crippen LogP contribution in [0, 0.1) is 5.92 Å². The Morgan fingerprint density at radius 1 is 1.56 bits per heavy atom. The summed E-state index contributed by atoms with van der Waals surface area (Å²) >= 11 is 1.85. The summed E-state index contributed by atoms with van der Waals surface area (Å²) in [5.41, 5.74) is 0. The molecule has 92 valence electrons. The zero-order chi connectivity index (χ0) is 11.2. The zero-order valence-electron chi connectivity index (χ0n) is 9.54. The van der Waals surface area contributed by atoms with Crippen LogP contribution < -0.4 is 10.6 Å². The smallest absolute Gasteiger partial charge is 0.237 e. The Bertz CT molecular complexity index is 226. The van der Waals surface area contributed by atoms with Crippen LogP contribution in [-0.4, -0.2) is 49.8 Å². The third-order valence-corrected chi connectivity index (χ3v) is 4.18. The van der Waals surface area contributed by atoms with E-state index >= 15 is 0 Å². The number of amides is 1. The quantitative estimate of drug-likeness (QED) is 0.743. The molecule has 5 heteroatoms. The lowest BCUT2D eigenvalue weighted by molar-refractivity contribution is -0.122. The van der Waals surface area contributed by atoms with Gasteiger partial charge in [0.1, 0.15) is 0 Å². The fraction of sp³-hybridized carbons (Fsp3) is 0.909. The third-order valence-electron chi connectivity index (χ3n) is 3.11. The van der Waals surface area contributed by atoms with E-state index in [1.165, 1.54) is 0 Å². The molecule has 2 fully saturated rings. The van der Waals surface area contributed by atoms with Crippen molar-refractivity contribution in [1.29, 1.82) is 0 Å². The van der Waals surface area contributed by atoms with Gasteiger partial charge in [0.2, 0.25) is 5.91 Å². The minimum absolute atomic E-state index is 0.0126. The molecule has 0 saturated carbocycles. The van der Waals surface area contributed by atoms with Gasteiger partial charge in [0.15, 0.2) is 0 Å². The number of nitrogens with one attached hydrogen (secondary N) is 2. The predicted octanol–water partition coefficient (Wildman–Crippen LogP) is 0.234. The molecule has 2 saturated heterocycles. The number of thioether (sulfide) groups is 1. The number of ether oxygens (including phenoxy) is 1. The van der Waals surface area contributed by atoms with E-state index < -0.39 is 0 Å². The van der Waals surface area contributed by atoms with Gasteiger partial charge >= 0.3 is 0 Å². The Hall–Kier alpha value is -0.260. The molecule has 2 unspecified atom stereocenters. The van der Waals surface area contributed by atoms with Crippen molar-refractivity contribution in [3.05, 3.63) is 0 Å². The van der Waals surface area contributed by atoms with Gasteiger partial charge in [0.05, 0.1) is 6.04 Å². The second kappa shape index (κ2) is 6.47. The molecule has 2 aliphatic heterocycles. The fourth-order valence-corrected chi connectivity index (χ4v) is 3.00. The van der Waals surface area contributed by atoms with Gasteiger partial charge in [-0.25, -0.2) is 0 Å². The molecule has 16 heavy (non-hydrogen) atoms. The van der Waals surface area contributed by atoms with Crippen LogP contribution in [0.15, 0.2) is 0 Å². The van der Waals surface area contributed by atoms with Gasteiger partial charge in [-0.2, -0.15) is 11.8 Å². The van der Waals surface area contributed by atoms with Gasteiger partial charge in [0.25, 0.3) is 0 Å². The Balaban J connectivity index is 1.59. The molecule has 2 aliphatic rings. The van der Waals surface area contributed by atoms with E-state index in [9.17, 15) is 4.79 Å². The largest absolute Gasteiger partial charge is 0.381 e. The lowest BCUT2D eigenvalue weighted by Gasteiger charge is -2.22. The van der Waals surface area contributed by atoms with Gasteiger partial charge in [-0.15, -0.1) is 0 Å². The average Bonchev–Trinajstić information content (AvgIpc) is 2.83. The molecule has 0 aromatic carbocycles. The standard InChI is InChI=1S/C11H20N2O2S/c14-11(10-8-16-6-4-12-10)13-3-1-9-2-5-15-7-9/h9-10,12H,1-8H2,(H,13,14). The van der Waals surface area contributed by atoms with Crippen molar-refractivity contribution in [2.75, 3.05) is 37.8 Å². The van der Waals surface area contributed by atoms with Gasteiger partial charge in [-0.05, 0) is 18.8 Å². The highest BCUT2D eigenvalue weighted by molar-refractivity contribution is 7.99. The Morgan fingerprint density at radius 3 is 3.19 bits per heavy atom. The first kappa shape index (κ1) is 12.2. The van der Waals surface area contributed by atoms with E-state index in [1.807, 2.05) is 11.8 Å². The van der Waals surface area contributed by atoms with E-state index in [-0.39, 0.29) is 11.9 Å². The number of carbonyl (C=O) groups excluding carboxylic acids is 1. The Morgan fingerprint density at radius 2 is 2.50 bits per heavy atom. The maximum absolute atomic E-state index is 11.8. The second-order valence-electron chi connectivity index (χ2n) is 4.39. The highest BCUT2D eigenvalue weighted by Gasteiger charge is 2.21. The van der Waals surface area contributed by atoms with Crippen LogP contribution in [-0.2, 0) is 9.53 Å². The molecule has 0 bridgehead atoms. The summed E-state index contributed by atoms with van der Waals surface area (Å²) in [6.45, 7) is 3.49. The van der Waals surface area contributed by atoms with Crippen LogP contribution in [0.25, 0.3) is 0 Å². The van der Waals surface area contributed by atoms with Crippen LogP contribution in [0.1, 0.15) is 12.8 Å². The topological polar surface area (TPSA) is 50.4 Å². The first-order valence-corrected chi connectivity index (χ1v) is 7.18. The normalized spacial score (nSPS) is 30.2. The van der Waals surface area contributed by atoms with Crippen LogP contribution in [0.2, 0.25) is 0 Å². The second-order valence-corrected chi connectivity index (χ2v) is 5.54. The minimum Gasteiger partial charge on any atom is -0.381 e. The molecule has 4 nitrogen and oxygen atoms in total. The van der Waals surface area contributed by atoms with Crippen molar-refractivity contribution >= 4 is 17.7 Å². The molecule has 0 aromatic rings. The molecule has 0 spiro atoms. The summed E-state index contributed by atoms with van der Waals surface area (Å²) in [7, 11) is 0. The number of carbonyl (C=O) groups is 1. The molecular weight excluding hydrogens is 224 g/mol. The Labute approximate surface area is 101 Å². The van der Waals surface area contributed by atoms with Crippen molar-refractivity contribution in [3.8, 4) is 0 Å². The summed E-state index contributed by atoms with van der Waals surface area (Å²) in [6.07, 6.45) is 2.19. The van der Waals surface area contributed by atoms with Crippen LogP contribution in [0.5, 0.6) is 0 Å². The summed E-state index contributed by atoms with van der Waals surface area (Å²) in [6, 6.07) is 0.0126. The molecule has 2 N–H and O–H groups in total. The van der Waals surface area contributed by atoms with Crippen molar-refractivity contribution in [3.63, 3.8) is 0 Å². The van der Waals surface area contributed by atoms with E-state index in [0.29, 0.717) is 5.92 Å². The summed E-state index contributed by atoms with van der Waals surface area (Å²) in [5.74, 6) is 2.82. The van der Waals surface area contributed by atoms with E-state index in [1.54, 1.807) is 0 Å². The van der Waals surface area contributed by atoms with E-state index in [4.69, 9.17) is 4.74 Å². The van der Waals surface area contributed by atoms with Crippen molar-refractivity contribution < 1.29 is 9.53 Å². The minimum atomic E-state index is 0.0126. The van der Waals surface area contributed by atoms with E-state index in [2.05, 4.69) is 10.6 Å². The maximum atomic E-state index is 11.8. The SMILES string of the molecule is O=C(NCCC1CCOC1)C1CSCCN1. The monoisotopic (exact) mass is 244 g/mol. The van der Waals surface area contributed by atoms with Crippen LogP contribution in [0.3, 0.4) is 0 Å². The lowest BCUT2D eigenvalue weighted by atomic mass is 10.1. The first-order valence-electron chi connectivity index (χ1n) is 6.03. The summed E-state index contributed by atoms with van der Waals surface area (Å²) in [5, 5.41) is 6.25. The molecule has 2 atom stereocenters. The molecule has 2 heterocycles. The molecule has 0 radical (unpaired) electrons. The molecule has 0 aromatic heterocycles. The summed E-state index contributed by atoms with van der Waals surface area (Å²) in [4.78, 5) is 11.8. The van der Waals surface area contributed by atoms with Gasteiger partial charge in [0, 0.05) is 37.8 Å². The maximum Gasteiger partial charge on any atom is 0.237 e. The van der Waals surface area contributed by atoms with Gasteiger partial charge < -0.3 is 15.4 Å². The predicted molar refractivity (Wildman–Crippen MR) is 65.7 cm³/mol. The molecule has 2 rings (SSSR count). The number of hydrogen-bond acceptors (Lipinski definition) is 4. The third kappa shape index (κ3) is 3.64. The number of rotatable bonds is 4. The van der Waals surface area contributed by atoms with Gasteiger partial charge in [-0.3, -0.25) is 4.79 Å². The average molecular weight is 244 g/mol. The lowest BCUT2D eigenvalue weighted by Crippen LogP contribution is -2.49. The number of hydrogen-bond donors (Lipinski definition) is 2. The first-order chi connectivity index (χ1) is 7.86. The van der Waals surface area contributed by atoms with Crippen molar-refractivity contribution in [2.24, 2.45) is 5.92 Å². The van der Waals surface area contributed by atoms with Crippen molar-refractivity contribution in [1.82, 2.24) is 10.6 Å². The highest BCUT2D eigenvalue weighted by Crippen LogP contribution is 2.15.